The van der Waals surface area contributed by atoms with E-state index in [2.05, 4.69) is 5.32 Å². The van der Waals surface area contributed by atoms with Crippen molar-refractivity contribution in [2.24, 2.45) is 0 Å². The first-order chi connectivity index (χ1) is 9.16. The molecule has 0 unspecified atom stereocenters. The molecule has 0 saturated heterocycles. The summed E-state index contributed by atoms with van der Waals surface area (Å²) in [6.45, 7) is 0.966. The highest BCUT2D eigenvalue weighted by molar-refractivity contribution is 6.31. The predicted octanol–water partition coefficient (Wildman–Crippen LogP) is 3.55. The first-order valence-corrected chi connectivity index (χ1v) is 6.21. The number of halogens is 2. The summed E-state index contributed by atoms with van der Waals surface area (Å²) >= 11 is 5.62. The van der Waals surface area contributed by atoms with Crippen molar-refractivity contribution in [3.05, 3.63) is 53.3 Å². The van der Waals surface area contributed by atoms with Crippen molar-refractivity contribution in [3.63, 3.8) is 0 Å². The Morgan fingerprint density at radius 2 is 1.95 bits per heavy atom. The van der Waals surface area contributed by atoms with Gasteiger partial charge in [-0.2, -0.15) is 0 Å². The van der Waals surface area contributed by atoms with Crippen LogP contribution < -0.4 is 15.8 Å². The number of para-hydroxylation sites is 1. The van der Waals surface area contributed by atoms with Gasteiger partial charge in [-0.25, -0.2) is 4.39 Å². The lowest BCUT2D eigenvalue weighted by Crippen LogP contribution is -2.12. The maximum atomic E-state index is 13.3. The van der Waals surface area contributed by atoms with Crippen molar-refractivity contribution in [2.45, 2.75) is 0 Å². The highest BCUT2D eigenvalue weighted by atomic mass is 35.5. The third-order valence-corrected chi connectivity index (χ3v) is 2.81. The van der Waals surface area contributed by atoms with Crippen LogP contribution >= 0.6 is 11.6 Å². The average Bonchev–Trinajstić information content (AvgIpc) is 2.41. The highest BCUT2D eigenvalue weighted by Gasteiger charge is 2.05. The molecular weight excluding hydrogens is 267 g/mol. The number of hydrogen-bond donors (Lipinski definition) is 2. The van der Waals surface area contributed by atoms with E-state index in [1.165, 1.54) is 12.1 Å². The van der Waals surface area contributed by atoms with Crippen LogP contribution in [0.1, 0.15) is 0 Å². The molecule has 0 aliphatic heterocycles. The summed E-state index contributed by atoms with van der Waals surface area (Å²) in [5.74, 6) is 0.293. The molecule has 0 aliphatic rings. The van der Waals surface area contributed by atoms with E-state index < -0.39 is 5.82 Å². The van der Waals surface area contributed by atoms with Gasteiger partial charge in [0.05, 0.1) is 16.4 Å². The van der Waals surface area contributed by atoms with Crippen LogP contribution in [0.3, 0.4) is 0 Å². The van der Waals surface area contributed by atoms with Crippen LogP contribution in [-0.2, 0) is 0 Å². The van der Waals surface area contributed by atoms with Gasteiger partial charge in [0.2, 0.25) is 0 Å². The summed E-state index contributed by atoms with van der Waals surface area (Å²) in [4.78, 5) is 0. The summed E-state index contributed by atoms with van der Waals surface area (Å²) in [7, 11) is 0. The smallest absolute Gasteiger partial charge is 0.143 e. The van der Waals surface area contributed by atoms with Gasteiger partial charge in [0, 0.05) is 12.6 Å². The second-order valence-corrected chi connectivity index (χ2v) is 4.35. The summed E-state index contributed by atoms with van der Waals surface area (Å²) in [5.41, 5.74) is 6.65. The molecule has 2 aromatic carbocycles. The molecule has 0 atom stereocenters. The quantitative estimate of drug-likeness (QED) is 0.650. The van der Waals surface area contributed by atoms with Crippen molar-refractivity contribution < 1.29 is 9.13 Å². The molecule has 0 aliphatic carbocycles. The largest absolute Gasteiger partial charge is 0.492 e. The van der Waals surface area contributed by atoms with Gasteiger partial charge in [0.25, 0.3) is 0 Å². The Bertz CT molecular complexity index is 549. The van der Waals surface area contributed by atoms with Crippen molar-refractivity contribution in [1.29, 1.82) is 0 Å². The van der Waals surface area contributed by atoms with Crippen LogP contribution in [0, 0.1) is 5.82 Å². The molecule has 0 bridgehead atoms. The van der Waals surface area contributed by atoms with Gasteiger partial charge in [-0.05, 0) is 18.2 Å². The van der Waals surface area contributed by atoms with Gasteiger partial charge in [0.15, 0.2) is 0 Å². The second kappa shape index (κ2) is 6.29. The summed E-state index contributed by atoms with van der Waals surface area (Å²) in [6.07, 6.45) is 0. The van der Waals surface area contributed by atoms with Gasteiger partial charge < -0.3 is 15.8 Å². The normalized spacial score (nSPS) is 10.2. The van der Waals surface area contributed by atoms with Gasteiger partial charge in [0.1, 0.15) is 18.2 Å². The zero-order valence-corrected chi connectivity index (χ0v) is 11.0. The summed E-state index contributed by atoms with van der Waals surface area (Å²) < 4.78 is 18.8. The molecule has 0 saturated carbocycles. The molecule has 100 valence electrons. The van der Waals surface area contributed by atoms with Crippen LogP contribution in [0.25, 0.3) is 0 Å². The van der Waals surface area contributed by atoms with Gasteiger partial charge in [-0.15, -0.1) is 0 Å². The van der Waals surface area contributed by atoms with E-state index in [1.807, 2.05) is 30.3 Å². The van der Waals surface area contributed by atoms with Crippen LogP contribution in [0.4, 0.5) is 15.8 Å². The van der Waals surface area contributed by atoms with Crippen LogP contribution in [0.2, 0.25) is 5.02 Å². The Kier molecular flexibility index (Phi) is 4.47. The van der Waals surface area contributed by atoms with Gasteiger partial charge in [-0.3, -0.25) is 0 Å². The molecule has 0 spiro atoms. The fraction of sp³-hybridized carbons (Fsp3) is 0.143. The number of nitrogens with one attached hydrogen (secondary N) is 1. The molecule has 2 aromatic rings. The molecule has 2 rings (SSSR count). The summed E-state index contributed by atoms with van der Waals surface area (Å²) in [5, 5.41) is 3.02. The first kappa shape index (κ1) is 13.5. The zero-order valence-electron chi connectivity index (χ0n) is 10.2. The summed E-state index contributed by atoms with van der Waals surface area (Å²) in [6, 6.07) is 12.1. The molecule has 0 amide bonds. The number of nitrogens with two attached hydrogens (primary N) is 1. The Labute approximate surface area is 116 Å². The van der Waals surface area contributed by atoms with E-state index >= 15 is 0 Å². The van der Waals surface area contributed by atoms with Crippen LogP contribution in [0.15, 0.2) is 42.5 Å². The number of nitrogen functional groups attached to an aromatic ring is 1. The number of benzene rings is 2. The van der Waals surface area contributed by atoms with E-state index in [0.717, 1.165) is 5.75 Å². The van der Waals surface area contributed by atoms with E-state index in [4.69, 9.17) is 22.1 Å². The van der Waals surface area contributed by atoms with Crippen molar-refractivity contribution >= 4 is 23.0 Å². The number of hydrogen-bond acceptors (Lipinski definition) is 3. The number of rotatable bonds is 5. The fourth-order valence-electron chi connectivity index (χ4n) is 1.59. The predicted molar refractivity (Wildman–Crippen MR) is 76.2 cm³/mol. The van der Waals surface area contributed by atoms with E-state index in [-0.39, 0.29) is 5.02 Å². The average molecular weight is 281 g/mol. The molecule has 0 fully saturated rings. The lowest BCUT2D eigenvalue weighted by molar-refractivity contribution is 0.333. The van der Waals surface area contributed by atoms with Crippen molar-refractivity contribution in [3.8, 4) is 5.75 Å². The third kappa shape index (κ3) is 3.76. The standard InChI is InChI=1S/C14H14ClFN2O/c15-11-8-13(17)14(9-12(11)16)18-6-7-19-10-4-2-1-3-5-10/h1-5,8-9,18H,6-7,17H2. The lowest BCUT2D eigenvalue weighted by Gasteiger charge is -2.11. The number of ether oxygens (including phenoxy) is 1. The third-order valence-electron chi connectivity index (χ3n) is 2.52. The van der Waals surface area contributed by atoms with E-state index in [9.17, 15) is 4.39 Å². The lowest BCUT2D eigenvalue weighted by atomic mass is 10.2. The minimum Gasteiger partial charge on any atom is -0.492 e. The fourth-order valence-corrected chi connectivity index (χ4v) is 1.76. The highest BCUT2D eigenvalue weighted by Crippen LogP contribution is 2.25. The second-order valence-electron chi connectivity index (χ2n) is 3.94. The number of anilines is 2. The SMILES string of the molecule is Nc1cc(Cl)c(F)cc1NCCOc1ccccc1. The van der Waals surface area contributed by atoms with Crippen molar-refractivity contribution in [2.75, 3.05) is 24.2 Å². The molecule has 5 heteroatoms. The maximum Gasteiger partial charge on any atom is 0.143 e. The van der Waals surface area contributed by atoms with Crippen molar-refractivity contribution in [1.82, 2.24) is 0 Å². The molecule has 0 heterocycles. The van der Waals surface area contributed by atoms with Gasteiger partial charge >= 0.3 is 0 Å². The molecule has 0 radical (unpaired) electrons. The molecular formula is C14H14ClFN2O. The maximum absolute atomic E-state index is 13.3. The van der Waals surface area contributed by atoms with Gasteiger partial charge in [-0.1, -0.05) is 29.8 Å². The van der Waals surface area contributed by atoms with Crippen LogP contribution in [0.5, 0.6) is 5.75 Å². The van der Waals surface area contributed by atoms with E-state index in [1.54, 1.807) is 0 Å². The topological polar surface area (TPSA) is 47.3 Å². The molecule has 3 nitrogen and oxygen atoms in total. The zero-order chi connectivity index (χ0) is 13.7. The molecule has 0 aromatic heterocycles. The minimum absolute atomic E-state index is 0.0172. The minimum atomic E-state index is -0.498. The Balaban J connectivity index is 1.85. The monoisotopic (exact) mass is 280 g/mol. The van der Waals surface area contributed by atoms with Crippen LogP contribution in [-0.4, -0.2) is 13.2 Å². The molecule has 3 N–H and O–H groups in total. The Morgan fingerprint density at radius 3 is 2.68 bits per heavy atom. The van der Waals surface area contributed by atoms with E-state index in [0.29, 0.717) is 24.5 Å². The first-order valence-electron chi connectivity index (χ1n) is 5.83. The Hall–Kier alpha value is -1.94. The Morgan fingerprint density at radius 1 is 1.21 bits per heavy atom. The molecule has 19 heavy (non-hydrogen) atoms.